The number of carbonyl (C=O) groups is 3. The molecule has 0 aromatic heterocycles. The first-order valence-corrected chi connectivity index (χ1v) is 8.32. The molecule has 0 spiro atoms. The average Bonchev–Trinajstić information content (AvgIpc) is 3.12. The van der Waals surface area contributed by atoms with Crippen LogP contribution in [0.2, 0.25) is 0 Å². The van der Waals surface area contributed by atoms with Crippen LogP contribution in [0.25, 0.3) is 0 Å². The van der Waals surface area contributed by atoms with Crippen LogP contribution in [-0.4, -0.2) is 30.6 Å². The number of hydrazine groups is 1. The molecular formula is C18H15F3N4O4. The Morgan fingerprint density at radius 3 is 2.34 bits per heavy atom. The Hall–Kier alpha value is -3.76. The highest BCUT2D eigenvalue weighted by Gasteiger charge is 2.30. The number of amides is 3. The maximum Gasteiger partial charge on any atom is 0.416 e. The van der Waals surface area contributed by atoms with Gasteiger partial charge in [0.25, 0.3) is 11.8 Å². The minimum absolute atomic E-state index is 0.0212. The monoisotopic (exact) mass is 408 g/mol. The lowest BCUT2D eigenvalue weighted by Crippen LogP contribution is -2.47. The number of benzene rings is 2. The van der Waals surface area contributed by atoms with Crippen LogP contribution >= 0.6 is 0 Å². The fourth-order valence-corrected chi connectivity index (χ4v) is 2.49. The molecule has 0 bridgehead atoms. The van der Waals surface area contributed by atoms with Crippen molar-refractivity contribution in [3.8, 4) is 0 Å². The summed E-state index contributed by atoms with van der Waals surface area (Å²) in [5.41, 5.74) is 4.34. The van der Waals surface area contributed by atoms with Gasteiger partial charge in [-0.15, -0.1) is 0 Å². The molecule has 0 saturated carbocycles. The lowest BCUT2D eigenvalue weighted by molar-refractivity contribution is -0.137. The van der Waals surface area contributed by atoms with E-state index >= 15 is 0 Å². The standard InChI is InChI=1S/C18H15F3N4O4/c19-18(20,21)10-5-7-11(8-6-10)23-13-4-2-1-3-12(13)15(26)24-25-16(27)14-9-22-17(28)29-14/h1-8,14,23H,9H2,(H,22,28)(H,24,26)(H,25,27). The van der Waals surface area contributed by atoms with Crippen LogP contribution in [0.3, 0.4) is 0 Å². The third-order valence-corrected chi connectivity index (χ3v) is 3.94. The number of carbonyl (C=O) groups excluding carboxylic acids is 3. The molecule has 29 heavy (non-hydrogen) atoms. The van der Waals surface area contributed by atoms with Gasteiger partial charge < -0.3 is 15.4 Å². The first kappa shape index (κ1) is 20.0. The largest absolute Gasteiger partial charge is 0.434 e. The summed E-state index contributed by atoms with van der Waals surface area (Å²) in [4.78, 5) is 35.2. The molecule has 2 aromatic rings. The van der Waals surface area contributed by atoms with Gasteiger partial charge in [-0.1, -0.05) is 12.1 Å². The Morgan fingerprint density at radius 2 is 1.72 bits per heavy atom. The van der Waals surface area contributed by atoms with Gasteiger partial charge in [-0.25, -0.2) is 4.79 Å². The lowest BCUT2D eigenvalue weighted by Gasteiger charge is -2.14. The SMILES string of the molecule is O=C1NCC(C(=O)NNC(=O)c2ccccc2Nc2ccc(C(F)(F)F)cc2)O1. The molecule has 1 aliphatic heterocycles. The fourth-order valence-electron chi connectivity index (χ4n) is 2.49. The number of anilines is 2. The van der Waals surface area contributed by atoms with Crippen molar-refractivity contribution in [1.82, 2.24) is 16.2 Å². The van der Waals surface area contributed by atoms with E-state index in [1.165, 1.54) is 18.2 Å². The molecule has 1 fully saturated rings. The van der Waals surface area contributed by atoms with Crippen molar-refractivity contribution in [3.63, 3.8) is 0 Å². The molecule has 2 aromatic carbocycles. The van der Waals surface area contributed by atoms with Crippen molar-refractivity contribution in [3.05, 3.63) is 59.7 Å². The van der Waals surface area contributed by atoms with Gasteiger partial charge in [0.05, 0.1) is 23.4 Å². The number of halogens is 3. The van der Waals surface area contributed by atoms with Gasteiger partial charge in [0.2, 0.25) is 6.10 Å². The Bertz CT molecular complexity index is 931. The summed E-state index contributed by atoms with van der Waals surface area (Å²) in [6.45, 7) is -0.0212. The van der Waals surface area contributed by atoms with Crippen molar-refractivity contribution in [2.24, 2.45) is 0 Å². The second-order valence-electron chi connectivity index (χ2n) is 5.96. The van der Waals surface area contributed by atoms with Crippen molar-refractivity contribution in [2.45, 2.75) is 12.3 Å². The third-order valence-electron chi connectivity index (χ3n) is 3.94. The van der Waals surface area contributed by atoms with E-state index in [0.29, 0.717) is 11.4 Å². The third kappa shape index (κ3) is 4.94. The van der Waals surface area contributed by atoms with Gasteiger partial charge in [0.15, 0.2) is 0 Å². The van der Waals surface area contributed by atoms with E-state index in [1.54, 1.807) is 18.2 Å². The first-order chi connectivity index (χ1) is 13.7. The van der Waals surface area contributed by atoms with Gasteiger partial charge in [-0.3, -0.25) is 20.4 Å². The highest BCUT2D eigenvalue weighted by atomic mass is 19.4. The Balaban J connectivity index is 1.66. The highest BCUT2D eigenvalue weighted by molar-refractivity contribution is 6.01. The molecule has 1 saturated heterocycles. The number of alkyl halides is 3. The van der Waals surface area contributed by atoms with Gasteiger partial charge in [-0.05, 0) is 36.4 Å². The minimum atomic E-state index is -4.45. The summed E-state index contributed by atoms with van der Waals surface area (Å²) >= 11 is 0. The number of cyclic esters (lactones) is 1. The Morgan fingerprint density at radius 1 is 1.03 bits per heavy atom. The van der Waals surface area contributed by atoms with E-state index < -0.39 is 35.8 Å². The summed E-state index contributed by atoms with van der Waals surface area (Å²) in [5.74, 6) is -1.39. The molecule has 1 aliphatic rings. The fraction of sp³-hybridized carbons (Fsp3) is 0.167. The highest BCUT2D eigenvalue weighted by Crippen LogP contribution is 2.30. The van der Waals surface area contributed by atoms with Gasteiger partial charge >= 0.3 is 12.3 Å². The minimum Gasteiger partial charge on any atom is -0.434 e. The second kappa shape index (κ2) is 8.09. The maximum absolute atomic E-state index is 12.7. The molecule has 1 heterocycles. The van der Waals surface area contributed by atoms with Crippen LogP contribution < -0.4 is 21.5 Å². The second-order valence-corrected chi connectivity index (χ2v) is 5.96. The number of nitrogens with one attached hydrogen (secondary N) is 4. The summed E-state index contributed by atoms with van der Waals surface area (Å²) < 4.78 is 42.7. The van der Waals surface area contributed by atoms with Crippen molar-refractivity contribution < 1.29 is 32.3 Å². The van der Waals surface area contributed by atoms with Crippen molar-refractivity contribution in [1.29, 1.82) is 0 Å². The molecule has 152 valence electrons. The van der Waals surface area contributed by atoms with Crippen LogP contribution in [0.15, 0.2) is 48.5 Å². The van der Waals surface area contributed by atoms with E-state index in [9.17, 15) is 27.6 Å². The molecule has 4 N–H and O–H groups in total. The van der Waals surface area contributed by atoms with Crippen molar-refractivity contribution in [2.75, 3.05) is 11.9 Å². The van der Waals surface area contributed by atoms with Crippen molar-refractivity contribution >= 4 is 29.3 Å². The number of hydrogen-bond acceptors (Lipinski definition) is 5. The molecule has 1 unspecified atom stereocenters. The summed E-state index contributed by atoms with van der Waals surface area (Å²) in [5, 5.41) is 5.16. The Labute approximate surface area is 162 Å². The van der Waals surface area contributed by atoms with Crippen LogP contribution in [0.1, 0.15) is 15.9 Å². The van der Waals surface area contributed by atoms with E-state index in [1.807, 2.05) is 0 Å². The molecular weight excluding hydrogens is 393 g/mol. The van der Waals surface area contributed by atoms with Gasteiger partial charge in [0, 0.05) is 5.69 Å². The number of ether oxygens (including phenoxy) is 1. The summed E-state index contributed by atoms with van der Waals surface area (Å²) in [7, 11) is 0. The zero-order chi connectivity index (χ0) is 21.0. The van der Waals surface area contributed by atoms with Crippen LogP contribution in [0.5, 0.6) is 0 Å². The molecule has 11 heteroatoms. The topological polar surface area (TPSA) is 109 Å². The molecule has 3 rings (SSSR count). The lowest BCUT2D eigenvalue weighted by atomic mass is 10.1. The van der Waals surface area contributed by atoms with Gasteiger partial charge in [0.1, 0.15) is 0 Å². The molecule has 0 aliphatic carbocycles. The van der Waals surface area contributed by atoms with Gasteiger partial charge in [-0.2, -0.15) is 13.2 Å². The zero-order valence-corrected chi connectivity index (χ0v) is 14.7. The van der Waals surface area contributed by atoms with E-state index in [2.05, 4.69) is 21.5 Å². The maximum atomic E-state index is 12.7. The number of alkyl carbamates (subject to hydrolysis) is 1. The normalized spacial score (nSPS) is 15.8. The predicted octanol–water partition coefficient (Wildman–Crippen LogP) is 2.32. The quantitative estimate of drug-likeness (QED) is 0.581. The molecule has 8 nitrogen and oxygen atoms in total. The van der Waals surface area contributed by atoms with Crippen LogP contribution in [0, 0.1) is 0 Å². The summed E-state index contributed by atoms with van der Waals surface area (Å²) in [6.07, 6.45) is -6.25. The van der Waals surface area contributed by atoms with E-state index in [4.69, 9.17) is 4.74 Å². The van der Waals surface area contributed by atoms with Crippen LogP contribution in [-0.2, 0) is 15.7 Å². The molecule has 1 atom stereocenters. The number of para-hydroxylation sites is 1. The first-order valence-electron chi connectivity index (χ1n) is 8.32. The van der Waals surface area contributed by atoms with E-state index in [-0.39, 0.29) is 12.1 Å². The zero-order valence-electron chi connectivity index (χ0n) is 14.7. The van der Waals surface area contributed by atoms with E-state index in [0.717, 1.165) is 12.1 Å². The van der Waals surface area contributed by atoms with Crippen LogP contribution in [0.4, 0.5) is 29.3 Å². The molecule has 3 amide bonds. The number of hydrogen-bond donors (Lipinski definition) is 4. The molecule has 0 radical (unpaired) electrons. The summed E-state index contributed by atoms with van der Waals surface area (Å²) in [6, 6.07) is 10.5. The Kier molecular flexibility index (Phi) is 5.57. The average molecular weight is 408 g/mol. The number of rotatable bonds is 4. The predicted molar refractivity (Wildman–Crippen MR) is 95.0 cm³/mol. The smallest absolute Gasteiger partial charge is 0.416 e.